The zero-order valence-corrected chi connectivity index (χ0v) is 14.7. The molecule has 0 amide bonds. The first-order valence-corrected chi connectivity index (χ1v) is 8.48. The second kappa shape index (κ2) is 4.82. The third kappa shape index (κ3) is 1.98. The van der Waals surface area contributed by atoms with Crippen molar-refractivity contribution in [1.82, 2.24) is 10.2 Å². The van der Waals surface area contributed by atoms with E-state index >= 15 is 0 Å². The summed E-state index contributed by atoms with van der Waals surface area (Å²) in [6, 6.07) is 10.3. The highest BCUT2D eigenvalue weighted by Crippen LogP contribution is 2.52. The van der Waals surface area contributed by atoms with Gasteiger partial charge in [-0.25, -0.2) is 0 Å². The van der Waals surface area contributed by atoms with Gasteiger partial charge in [0.25, 0.3) is 0 Å². The number of aryl methyl sites for hydroxylation is 1. The Bertz CT molecular complexity index is 860. The molecule has 0 saturated heterocycles. The Morgan fingerprint density at radius 2 is 1.79 bits per heavy atom. The van der Waals surface area contributed by atoms with Gasteiger partial charge in [-0.15, -0.1) is 0 Å². The number of allylic oxidation sites excluding steroid dienone is 2. The molecule has 2 aliphatic rings. The van der Waals surface area contributed by atoms with Crippen LogP contribution in [0, 0.1) is 12.3 Å². The number of H-pyrrole nitrogens is 1. The van der Waals surface area contributed by atoms with Gasteiger partial charge in [-0.2, -0.15) is 5.10 Å². The molecule has 1 aliphatic heterocycles. The number of nitrogens with one attached hydrogen (secondary N) is 2. The largest absolute Gasteiger partial charge is 0.342 e. The van der Waals surface area contributed by atoms with Crippen molar-refractivity contribution >= 4 is 11.6 Å². The summed E-state index contributed by atoms with van der Waals surface area (Å²) in [7, 11) is 0. The highest BCUT2D eigenvalue weighted by molar-refractivity contribution is 6.02. The van der Waals surface area contributed by atoms with Crippen LogP contribution in [0.25, 0.3) is 0 Å². The van der Waals surface area contributed by atoms with Crippen LogP contribution in [0.15, 0.2) is 41.6 Å². The highest BCUT2D eigenvalue weighted by atomic mass is 16.1. The first kappa shape index (κ1) is 15.2. The molecule has 1 aromatic carbocycles. The summed E-state index contributed by atoms with van der Waals surface area (Å²) in [5, 5.41) is 11.0. The molecule has 0 spiro atoms. The Morgan fingerprint density at radius 3 is 2.50 bits per heavy atom. The molecule has 24 heavy (non-hydrogen) atoms. The fourth-order valence-corrected chi connectivity index (χ4v) is 4.47. The maximum absolute atomic E-state index is 13.1. The van der Waals surface area contributed by atoms with Gasteiger partial charge in [0.15, 0.2) is 11.6 Å². The van der Waals surface area contributed by atoms with Crippen LogP contribution in [0.2, 0.25) is 0 Å². The molecule has 4 nitrogen and oxygen atoms in total. The summed E-state index contributed by atoms with van der Waals surface area (Å²) >= 11 is 0. The molecule has 0 fully saturated rings. The summed E-state index contributed by atoms with van der Waals surface area (Å²) in [5.41, 5.74) is 4.67. The zero-order valence-electron chi connectivity index (χ0n) is 14.7. The zero-order chi connectivity index (χ0) is 17.1. The first-order valence-electron chi connectivity index (χ1n) is 8.48. The third-order valence-corrected chi connectivity index (χ3v) is 5.44. The fourth-order valence-electron chi connectivity index (χ4n) is 4.47. The van der Waals surface area contributed by atoms with Gasteiger partial charge in [0.2, 0.25) is 0 Å². The van der Waals surface area contributed by atoms with Crippen molar-refractivity contribution in [2.75, 3.05) is 5.32 Å². The van der Waals surface area contributed by atoms with E-state index in [-0.39, 0.29) is 11.2 Å². The molecule has 1 atom stereocenters. The Kier molecular flexibility index (Phi) is 3.05. The van der Waals surface area contributed by atoms with Gasteiger partial charge < -0.3 is 5.32 Å². The number of hydrogen-bond acceptors (Lipinski definition) is 3. The van der Waals surface area contributed by atoms with E-state index < -0.39 is 5.41 Å². The number of nitrogens with zero attached hydrogens (tertiary/aromatic N) is 1. The number of rotatable bonds is 1. The van der Waals surface area contributed by atoms with Crippen molar-refractivity contribution in [3.63, 3.8) is 0 Å². The van der Waals surface area contributed by atoms with Crippen molar-refractivity contribution in [2.45, 2.75) is 46.0 Å². The SMILES string of the molecule is Cc1[nH]nc2c1[C@](C)(c1ccccc1)C1=C(CC(C)(C)CC1=O)N2. The van der Waals surface area contributed by atoms with Gasteiger partial charge in [-0.1, -0.05) is 44.2 Å². The standard InChI is InChI=1S/C20H23N3O/c1-12-16-18(23-22-12)21-14-10-19(2,3)11-15(24)17(14)20(16,4)13-8-6-5-7-9-13/h5-9H,10-11H2,1-4H3,(H2,21,22,23)/t20-/m0/s1. The smallest absolute Gasteiger partial charge is 0.162 e. The molecule has 2 heterocycles. The average molecular weight is 321 g/mol. The average Bonchev–Trinajstić information content (AvgIpc) is 2.88. The molecule has 124 valence electrons. The number of fused-ring (bicyclic) bond motifs is 1. The maximum atomic E-state index is 13.1. The molecule has 0 saturated carbocycles. The van der Waals surface area contributed by atoms with E-state index in [1.54, 1.807) is 0 Å². The molecule has 4 heteroatoms. The summed E-state index contributed by atoms with van der Waals surface area (Å²) in [5.74, 6) is 1.09. The predicted octanol–water partition coefficient (Wildman–Crippen LogP) is 4.09. The highest BCUT2D eigenvalue weighted by Gasteiger charge is 2.49. The van der Waals surface area contributed by atoms with E-state index in [9.17, 15) is 4.79 Å². The van der Waals surface area contributed by atoms with Gasteiger partial charge in [-0.3, -0.25) is 9.89 Å². The fraction of sp³-hybridized carbons (Fsp3) is 0.400. The molecular formula is C20H23N3O. The lowest BCUT2D eigenvalue weighted by atomic mass is 9.62. The van der Waals surface area contributed by atoms with E-state index in [2.05, 4.69) is 48.4 Å². The molecule has 1 aliphatic carbocycles. The van der Waals surface area contributed by atoms with Gasteiger partial charge in [-0.05, 0) is 31.2 Å². The Balaban J connectivity index is 2.02. The van der Waals surface area contributed by atoms with Crippen LogP contribution < -0.4 is 5.32 Å². The number of hydrogen-bond donors (Lipinski definition) is 2. The lowest BCUT2D eigenvalue weighted by Gasteiger charge is -2.43. The molecular weight excluding hydrogens is 298 g/mol. The molecule has 2 N–H and O–H groups in total. The van der Waals surface area contributed by atoms with Crippen molar-refractivity contribution in [2.24, 2.45) is 5.41 Å². The summed E-state index contributed by atoms with van der Waals surface area (Å²) in [6.45, 7) is 8.50. The second-order valence-corrected chi connectivity index (χ2v) is 7.98. The van der Waals surface area contributed by atoms with Crippen LogP contribution in [0.3, 0.4) is 0 Å². The van der Waals surface area contributed by atoms with Crippen LogP contribution in [-0.2, 0) is 10.2 Å². The van der Waals surface area contributed by atoms with Gasteiger partial charge in [0, 0.05) is 28.9 Å². The van der Waals surface area contributed by atoms with Crippen LogP contribution >= 0.6 is 0 Å². The van der Waals surface area contributed by atoms with E-state index in [4.69, 9.17) is 0 Å². The van der Waals surface area contributed by atoms with Crippen LogP contribution in [0.4, 0.5) is 5.82 Å². The van der Waals surface area contributed by atoms with Crippen LogP contribution in [0.1, 0.15) is 50.4 Å². The van der Waals surface area contributed by atoms with E-state index in [0.29, 0.717) is 6.42 Å². The van der Waals surface area contributed by atoms with Crippen molar-refractivity contribution < 1.29 is 4.79 Å². The molecule has 1 aromatic heterocycles. The number of aromatic amines is 1. The topological polar surface area (TPSA) is 57.8 Å². The third-order valence-electron chi connectivity index (χ3n) is 5.44. The lowest BCUT2D eigenvalue weighted by molar-refractivity contribution is -0.118. The minimum absolute atomic E-state index is 0.0244. The summed E-state index contributed by atoms with van der Waals surface area (Å²) < 4.78 is 0. The monoisotopic (exact) mass is 321 g/mol. The van der Waals surface area contributed by atoms with Crippen LogP contribution in [0.5, 0.6) is 0 Å². The molecule has 4 rings (SSSR count). The Hall–Kier alpha value is -2.36. The van der Waals surface area contributed by atoms with E-state index in [0.717, 1.165) is 40.3 Å². The Morgan fingerprint density at radius 1 is 1.08 bits per heavy atom. The first-order chi connectivity index (χ1) is 11.3. The summed E-state index contributed by atoms with van der Waals surface area (Å²) in [4.78, 5) is 13.1. The minimum Gasteiger partial charge on any atom is -0.342 e. The molecule has 0 radical (unpaired) electrons. The van der Waals surface area contributed by atoms with Gasteiger partial charge in [0.05, 0.1) is 5.41 Å². The number of carbonyl (C=O) groups excluding carboxylic acids is 1. The Labute approximate surface area is 142 Å². The molecule has 2 aromatic rings. The minimum atomic E-state index is -0.470. The van der Waals surface area contributed by atoms with Gasteiger partial charge in [0.1, 0.15) is 0 Å². The number of anilines is 1. The quantitative estimate of drug-likeness (QED) is 0.831. The van der Waals surface area contributed by atoms with E-state index in [1.165, 1.54) is 0 Å². The number of ketones is 1. The van der Waals surface area contributed by atoms with Crippen molar-refractivity contribution in [3.8, 4) is 0 Å². The number of Topliss-reactive ketones (excluding diaryl/α,β-unsaturated/α-hetero) is 1. The molecule has 0 unspecified atom stereocenters. The van der Waals surface area contributed by atoms with Crippen LogP contribution in [-0.4, -0.2) is 16.0 Å². The summed E-state index contributed by atoms with van der Waals surface area (Å²) in [6.07, 6.45) is 1.45. The maximum Gasteiger partial charge on any atom is 0.162 e. The normalized spacial score (nSPS) is 25.1. The number of carbonyl (C=O) groups is 1. The second-order valence-electron chi connectivity index (χ2n) is 7.98. The van der Waals surface area contributed by atoms with Gasteiger partial charge >= 0.3 is 0 Å². The predicted molar refractivity (Wildman–Crippen MR) is 94.9 cm³/mol. The van der Waals surface area contributed by atoms with Crippen molar-refractivity contribution in [1.29, 1.82) is 0 Å². The van der Waals surface area contributed by atoms with E-state index in [1.807, 2.05) is 25.1 Å². The lowest BCUT2D eigenvalue weighted by Crippen LogP contribution is -2.42. The number of aromatic nitrogens is 2. The number of benzene rings is 1. The molecule has 0 bridgehead atoms. The van der Waals surface area contributed by atoms with Crippen molar-refractivity contribution in [3.05, 3.63) is 58.4 Å².